The van der Waals surface area contributed by atoms with Gasteiger partial charge in [-0.1, -0.05) is 0 Å². The zero-order valence-electron chi connectivity index (χ0n) is 19.0. The van der Waals surface area contributed by atoms with Crippen molar-refractivity contribution in [3.63, 3.8) is 0 Å². The van der Waals surface area contributed by atoms with E-state index >= 15 is 0 Å². The molecule has 8 bridgehead atoms. The van der Waals surface area contributed by atoms with Crippen molar-refractivity contribution in [3.8, 4) is 0 Å². The van der Waals surface area contributed by atoms with E-state index in [4.69, 9.17) is 0 Å². The molecule has 7 heteroatoms. The van der Waals surface area contributed by atoms with Crippen molar-refractivity contribution in [3.05, 3.63) is 0 Å². The number of carbonyl (C=O) groups excluding carboxylic acids is 3. The molecule has 0 aliphatic heterocycles. The molecule has 0 spiro atoms. The van der Waals surface area contributed by atoms with Gasteiger partial charge in [0.15, 0.2) is 0 Å². The van der Waals surface area contributed by atoms with E-state index in [0.717, 1.165) is 38.5 Å². The van der Waals surface area contributed by atoms with Crippen LogP contribution < -0.4 is 0 Å². The van der Waals surface area contributed by atoms with Crippen LogP contribution in [0.4, 0.5) is 13.2 Å². The minimum Gasteiger partial charge on any atom is -0.386 e. The Morgan fingerprint density at radius 2 is 1.12 bits per heavy atom. The molecule has 0 aromatic rings. The Balaban J connectivity index is 1.29. The molecule has 33 heavy (non-hydrogen) atoms. The highest BCUT2D eigenvalue weighted by Crippen LogP contribution is 2.65. The zero-order valence-corrected chi connectivity index (χ0v) is 19.0. The molecule has 1 unspecified atom stereocenters. The fourth-order valence-corrected chi connectivity index (χ4v) is 10.4. The number of carbonyl (C=O) groups is 3. The van der Waals surface area contributed by atoms with Crippen molar-refractivity contribution >= 4 is 17.7 Å². The number of alkyl halides is 3. The summed E-state index contributed by atoms with van der Waals surface area (Å²) in [6.45, 7) is 0. The summed E-state index contributed by atoms with van der Waals surface area (Å²) < 4.78 is 43.1. The number of rotatable bonds is 5. The Morgan fingerprint density at radius 1 is 0.727 bits per heavy atom. The molecule has 8 aliphatic carbocycles. The molecule has 8 saturated carbocycles. The zero-order chi connectivity index (χ0) is 23.2. The second-order valence-electron chi connectivity index (χ2n) is 13.0. The van der Waals surface area contributed by atoms with Gasteiger partial charge in [0.25, 0.3) is 0 Å². The van der Waals surface area contributed by atoms with Gasteiger partial charge in [-0.3, -0.25) is 9.59 Å². The molecule has 0 heterocycles. The van der Waals surface area contributed by atoms with Crippen LogP contribution in [0, 0.1) is 52.3 Å². The highest BCUT2D eigenvalue weighted by atomic mass is 19.4. The maximum Gasteiger partial charge on any atom is 0.491 e. The molecular weight excluding hydrogens is 433 g/mol. The maximum atomic E-state index is 13.9. The van der Waals surface area contributed by atoms with Crippen molar-refractivity contribution in [2.24, 2.45) is 52.3 Å². The van der Waals surface area contributed by atoms with Crippen LogP contribution in [0.2, 0.25) is 0 Å². The van der Waals surface area contributed by atoms with Gasteiger partial charge in [0.05, 0.1) is 0 Å². The van der Waals surface area contributed by atoms with Crippen LogP contribution in [-0.2, 0) is 19.1 Å². The molecule has 0 amide bonds. The molecule has 0 aromatic carbocycles. The molecule has 0 N–H and O–H groups in total. The van der Waals surface area contributed by atoms with E-state index in [-0.39, 0.29) is 17.6 Å². The number of ether oxygens (including phenoxy) is 1. The third kappa shape index (κ3) is 3.76. The van der Waals surface area contributed by atoms with Crippen molar-refractivity contribution < 1.29 is 32.3 Å². The van der Waals surface area contributed by atoms with Crippen LogP contribution in [0.15, 0.2) is 0 Å². The first-order valence-electron chi connectivity index (χ1n) is 12.9. The number of esters is 2. The molecule has 8 aliphatic rings. The highest BCUT2D eigenvalue weighted by Gasteiger charge is 2.60. The number of halogens is 3. The van der Waals surface area contributed by atoms with E-state index in [1.54, 1.807) is 0 Å². The predicted octanol–water partition coefficient (Wildman–Crippen LogP) is 5.63. The van der Waals surface area contributed by atoms with Gasteiger partial charge in [0.1, 0.15) is 11.7 Å². The minimum absolute atomic E-state index is 0.110. The van der Waals surface area contributed by atoms with Gasteiger partial charge < -0.3 is 4.74 Å². The fourth-order valence-electron chi connectivity index (χ4n) is 10.4. The molecule has 0 radical (unpaired) electrons. The Kier molecular flexibility index (Phi) is 4.89. The van der Waals surface area contributed by atoms with E-state index in [2.05, 4.69) is 4.74 Å². The summed E-state index contributed by atoms with van der Waals surface area (Å²) in [5.74, 6) is -2.02. The number of Topliss-reactive ketones (excluding diaryl/α,β-unsaturated/α-hetero) is 1. The summed E-state index contributed by atoms with van der Waals surface area (Å²) in [6.07, 6.45) is 7.06. The minimum atomic E-state index is -5.25. The molecular formula is C26H33F3O4. The second kappa shape index (κ2) is 7.30. The quantitative estimate of drug-likeness (QED) is 0.389. The lowest BCUT2D eigenvalue weighted by Crippen LogP contribution is -2.55. The Bertz CT molecular complexity index is 805. The first-order valence-corrected chi connectivity index (χ1v) is 12.9. The van der Waals surface area contributed by atoms with E-state index in [9.17, 15) is 27.6 Å². The SMILES string of the molecule is O=C(CC12CC3CC(CC(C3)C1)C2)C(C(=O)OC(=O)C(F)(F)F)C12CC3CC(CC(C3)C1)C2. The first-order chi connectivity index (χ1) is 15.5. The normalized spacial score (nSPS) is 45.8. The van der Waals surface area contributed by atoms with Crippen LogP contribution in [0.25, 0.3) is 0 Å². The average Bonchev–Trinajstić information content (AvgIpc) is 2.64. The van der Waals surface area contributed by atoms with E-state index in [0.29, 0.717) is 54.8 Å². The highest BCUT2D eigenvalue weighted by molar-refractivity contribution is 6.04. The largest absolute Gasteiger partial charge is 0.491 e. The molecule has 0 aromatic heterocycles. The van der Waals surface area contributed by atoms with Gasteiger partial charge in [-0.05, 0) is 123 Å². The predicted molar refractivity (Wildman–Crippen MR) is 111 cm³/mol. The van der Waals surface area contributed by atoms with E-state index < -0.39 is 29.4 Å². The summed E-state index contributed by atoms with van der Waals surface area (Å²) in [4.78, 5) is 38.7. The Morgan fingerprint density at radius 3 is 1.52 bits per heavy atom. The lowest BCUT2D eigenvalue weighted by molar-refractivity contribution is -0.206. The molecule has 4 nitrogen and oxygen atoms in total. The lowest BCUT2D eigenvalue weighted by atomic mass is 9.44. The Labute approximate surface area is 192 Å². The summed E-state index contributed by atoms with van der Waals surface area (Å²) in [6, 6.07) is 0. The van der Waals surface area contributed by atoms with Gasteiger partial charge in [0.2, 0.25) is 0 Å². The van der Waals surface area contributed by atoms with Crippen LogP contribution in [0.1, 0.15) is 83.5 Å². The third-order valence-electron chi connectivity index (χ3n) is 10.4. The first kappa shape index (κ1) is 22.1. The fraction of sp³-hybridized carbons (Fsp3) is 0.885. The van der Waals surface area contributed by atoms with Gasteiger partial charge in [-0.15, -0.1) is 0 Å². The number of hydrogen-bond acceptors (Lipinski definition) is 4. The van der Waals surface area contributed by atoms with Crippen molar-refractivity contribution in [2.45, 2.75) is 89.6 Å². The average molecular weight is 467 g/mol. The van der Waals surface area contributed by atoms with Crippen molar-refractivity contribution in [1.29, 1.82) is 0 Å². The number of ketones is 1. The van der Waals surface area contributed by atoms with Crippen LogP contribution in [0.3, 0.4) is 0 Å². The van der Waals surface area contributed by atoms with Gasteiger partial charge in [0, 0.05) is 6.42 Å². The van der Waals surface area contributed by atoms with Gasteiger partial charge >= 0.3 is 18.1 Å². The molecule has 1 atom stereocenters. The lowest BCUT2D eigenvalue weighted by Gasteiger charge is -2.59. The number of hydrogen-bond donors (Lipinski definition) is 0. The van der Waals surface area contributed by atoms with Crippen LogP contribution in [-0.4, -0.2) is 23.9 Å². The topological polar surface area (TPSA) is 60.4 Å². The molecule has 0 saturated heterocycles. The molecule has 8 rings (SSSR count). The van der Waals surface area contributed by atoms with Crippen molar-refractivity contribution in [1.82, 2.24) is 0 Å². The van der Waals surface area contributed by atoms with Crippen LogP contribution in [0.5, 0.6) is 0 Å². The maximum absolute atomic E-state index is 13.9. The molecule has 182 valence electrons. The van der Waals surface area contributed by atoms with Crippen molar-refractivity contribution in [2.75, 3.05) is 0 Å². The summed E-state index contributed by atoms with van der Waals surface area (Å²) in [5, 5.41) is 0. The Hall–Kier alpha value is -1.40. The van der Waals surface area contributed by atoms with E-state index in [1.807, 2.05) is 0 Å². The monoisotopic (exact) mass is 466 g/mol. The van der Waals surface area contributed by atoms with Crippen LogP contribution >= 0.6 is 0 Å². The summed E-state index contributed by atoms with van der Waals surface area (Å²) >= 11 is 0. The molecule has 8 fully saturated rings. The van der Waals surface area contributed by atoms with E-state index in [1.165, 1.54) is 19.3 Å². The van der Waals surface area contributed by atoms with Gasteiger partial charge in [-0.25, -0.2) is 4.79 Å². The second-order valence-corrected chi connectivity index (χ2v) is 13.0. The third-order valence-corrected chi connectivity index (χ3v) is 10.4. The van der Waals surface area contributed by atoms with Gasteiger partial charge in [-0.2, -0.15) is 13.2 Å². The smallest absolute Gasteiger partial charge is 0.386 e. The summed E-state index contributed by atoms with van der Waals surface area (Å²) in [7, 11) is 0. The standard InChI is InChI=1S/C26H33F3O4/c27-26(28,29)23(32)33-22(31)21(25-10-17-4-18(11-25)6-19(5-17)12-25)20(30)13-24-7-14-1-15(8-24)3-16(2-14)9-24/h14-19,21H,1-13H2. The summed E-state index contributed by atoms with van der Waals surface area (Å²) in [5.41, 5.74) is -0.738.